The van der Waals surface area contributed by atoms with E-state index < -0.39 is 19.9 Å². The molecule has 0 aromatic carbocycles. The number of carbonyl (C=O) groups is 2. The van der Waals surface area contributed by atoms with E-state index in [1.165, 1.54) is 6.07 Å². The maximum absolute atomic E-state index is 12.0. The molecule has 0 radical (unpaired) electrons. The highest BCUT2D eigenvalue weighted by molar-refractivity contribution is 6.74. The van der Waals surface area contributed by atoms with Crippen molar-refractivity contribution in [2.75, 3.05) is 0 Å². The van der Waals surface area contributed by atoms with Gasteiger partial charge in [-0.1, -0.05) is 26.8 Å². The van der Waals surface area contributed by atoms with Crippen LogP contribution in [-0.2, 0) is 27.0 Å². The molecular weight excluding hydrogens is 362 g/mol. The van der Waals surface area contributed by atoms with Crippen LogP contribution in [0, 0.1) is 0 Å². The number of aromatic nitrogens is 1. The Morgan fingerprint density at radius 2 is 1.70 bits per heavy atom. The molecular formula is C20H33NO5Si. The predicted octanol–water partition coefficient (Wildman–Crippen LogP) is 4.58. The Kier molecular flexibility index (Phi) is 7.35. The Morgan fingerprint density at radius 3 is 2.19 bits per heavy atom. The van der Waals surface area contributed by atoms with Gasteiger partial charge in [0.05, 0.1) is 12.3 Å². The van der Waals surface area contributed by atoms with E-state index in [2.05, 4.69) is 38.8 Å². The van der Waals surface area contributed by atoms with Gasteiger partial charge in [0, 0.05) is 6.42 Å². The number of pyridine rings is 1. The zero-order valence-electron chi connectivity index (χ0n) is 17.8. The quantitative estimate of drug-likeness (QED) is 0.537. The number of esters is 1. The molecule has 7 heteroatoms. The molecule has 0 saturated heterocycles. The van der Waals surface area contributed by atoms with E-state index >= 15 is 0 Å². The summed E-state index contributed by atoms with van der Waals surface area (Å²) >= 11 is 0. The summed E-state index contributed by atoms with van der Waals surface area (Å²) in [5.41, 5.74) is 0.828. The van der Waals surface area contributed by atoms with E-state index in [1.807, 2.05) is 20.8 Å². The molecule has 0 bridgehead atoms. The minimum atomic E-state index is -2.01. The van der Waals surface area contributed by atoms with E-state index in [0.29, 0.717) is 12.1 Å². The number of aromatic carboxylic acids is 1. The van der Waals surface area contributed by atoms with Crippen molar-refractivity contribution in [3.63, 3.8) is 0 Å². The van der Waals surface area contributed by atoms with Crippen molar-refractivity contribution in [3.05, 3.63) is 29.1 Å². The van der Waals surface area contributed by atoms with Gasteiger partial charge in [0.15, 0.2) is 8.32 Å². The van der Waals surface area contributed by atoms with Crippen molar-refractivity contribution in [3.8, 4) is 0 Å². The smallest absolute Gasteiger partial charge is 0.354 e. The van der Waals surface area contributed by atoms with Crippen molar-refractivity contribution in [1.29, 1.82) is 0 Å². The van der Waals surface area contributed by atoms with Gasteiger partial charge < -0.3 is 14.3 Å². The molecule has 0 aliphatic carbocycles. The summed E-state index contributed by atoms with van der Waals surface area (Å²) < 4.78 is 11.6. The SMILES string of the molecule is CC(C)(C)OC(=O)CCc1ccc(C(=O)O)nc1CO[Si](C)(C)C(C)(C)C. The van der Waals surface area contributed by atoms with Crippen LogP contribution in [0.5, 0.6) is 0 Å². The molecule has 0 saturated carbocycles. The lowest BCUT2D eigenvalue weighted by Gasteiger charge is -2.36. The zero-order chi connectivity index (χ0) is 21.0. The zero-order valence-corrected chi connectivity index (χ0v) is 18.8. The third-order valence-electron chi connectivity index (χ3n) is 4.68. The number of carboxylic acids is 1. The molecule has 27 heavy (non-hydrogen) atoms. The van der Waals surface area contributed by atoms with Gasteiger partial charge in [-0.2, -0.15) is 0 Å². The molecule has 0 amide bonds. The molecule has 152 valence electrons. The summed E-state index contributed by atoms with van der Waals surface area (Å²) in [4.78, 5) is 27.5. The molecule has 1 N–H and O–H groups in total. The minimum Gasteiger partial charge on any atom is -0.477 e. The first-order valence-corrected chi connectivity index (χ1v) is 12.1. The lowest BCUT2D eigenvalue weighted by atomic mass is 10.1. The van der Waals surface area contributed by atoms with Gasteiger partial charge in [-0.25, -0.2) is 9.78 Å². The molecule has 1 rings (SSSR count). The molecule has 0 atom stereocenters. The first kappa shape index (κ1) is 23.3. The van der Waals surface area contributed by atoms with Crippen LogP contribution in [0.15, 0.2) is 12.1 Å². The van der Waals surface area contributed by atoms with Gasteiger partial charge in [0.2, 0.25) is 0 Å². The van der Waals surface area contributed by atoms with Crippen LogP contribution in [0.2, 0.25) is 18.1 Å². The molecule has 0 spiro atoms. The normalized spacial score (nSPS) is 12.7. The fraction of sp³-hybridized carbons (Fsp3) is 0.650. The third-order valence-corrected chi connectivity index (χ3v) is 9.16. The highest BCUT2D eigenvalue weighted by Gasteiger charge is 2.37. The number of ether oxygens (including phenoxy) is 1. The van der Waals surface area contributed by atoms with Crippen LogP contribution in [0.3, 0.4) is 0 Å². The van der Waals surface area contributed by atoms with Gasteiger partial charge in [0.1, 0.15) is 11.3 Å². The summed E-state index contributed by atoms with van der Waals surface area (Å²) in [6.45, 7) is 16.4. The van der Waals surface area contributed by atoms with E-state index in [0.717, 1.165) is 5.56 Å². The van der Waals surface area contributed by atoms with Crippen molar-refractivity contribution in [1.82, 2.24) is 4.98 Å². The van der Waals surface area contributed by atoms with Crippen molar-refractivity contribution in [2.45, 2.75) is 84.7 Å². The number of rotatable bonds is 7. The van der Waals surface area contributed by atoms with Crippen LogP contribution >= 0.6 is 0 Å². The van der Waals surface area contributed by atoms with Gasteiger partial charge in [-0.15, -0.1) is 0 Å². The van der Waals surface area contributed by atoms with Crippen molar-refractivity contribution < 1.29 is 23.9 Å². The Labute approximate surface area is 163 Å². The Balaban J connectivity index is 2.97. The lowest BCUT2D eigenvalue weighted by molar-refractivity contribution is -0.154. The number of hydrogen-bond acceptors (Lipinski definition) is 5. The molecule has 1 aromatic rings. The fourth-order valence-electron chi connectivity index (χ4n) is 2.10. The third kappa shape index (κ3) is 7.42. The number of carboxylic acid groups (broad SMARTS) is 1. The van der Waals surface area contributed by atoms with E-state index in [4.69, 9.17) is 9.16 Å². The molecule has 0 fully saturated rings. The molecule has 6 nitrogen and oxygen atoms in total. The second-order valence-electron chi connectivity index (χ2n) is 9.24. The Morgan fingerprint density at radius 1 is 1.11 bits per heavy atom. The standard InChI is InChI=1S/C20H33NO5Si/c1-19(2,3)26-17(22)12-10-14-9-11-15(18(23)24)21-16(14)13-25-27(7,8)20(4,5)6/h9,11H,10,12-13H2,1-8H3,(H,23,24). The van der Waals surface area contributed by atoms with Crippen LogP contribution < -0.4 is 0 Å². The monoisotopic (exact) mass is 395 g/mol. The highest BCUT2D eigenvalue weighted by atomic mass is 28.4. The highest BCUT2D eigenvalue weighted by Crippen LogP contribution is 2.37. The average molecular weight is 396 g/mol. The molecule has 0 unspecified atom stereocenters. The Bertz CT molecular complexity index is 687. The fourth-order valence-corrected chi connectivity index (χ4v) is 3.03. The molecule has 0 aliphatic heterocycles. The maximum atomic E-state index is 12.0. The van der Waals surface area contributed by atoms with Gasteiger partial charge in [-0.3, -0.25) is 4.79 Å². The van der Waals surface area contributed by atoms with Crippen LogP contribution in [0.4, 0.5) is 0 Å². The van der Waals surface area contributed by atoms with Crippen LogP contribution in [0.25, 0.3) is 0 Å². The summed E-state index contributed by atoms with van der Waals surface area (Å²) in [6, 6.07) is 3.17. The molecule has 1 aromatic heterocycles. The first-order chi connectivity index (χ1) is 12.1. The van der Waals surface area contributed by atoms with E-state index in [1.54, 1.807) is 6.07 Å². The predicted molar refractivity (Wildman–Crippen MR) is 107 cm³/mol. The first-order valence-electron chi connectivity index (χ1n) is 9.20. The number of carbonyl (C=O) groups excluding carboxylic acids is 1. The molecule has 0 aliphatic rings. The Hall–Kier alpha value is -1.73. The van der Waals surface area contributed by atoms with Gasteiger partial charge >= 0.3 is 11.9 Å². The summed E-state index contributed by atoms with van der Waals surface area (Å²) in [6.07, 6.45) is 0.635. The number of hydrogen-bond donors (Lipinski definition) is 1. The summed E-state index contributed by atoms with van der Waals surface area (Å²) in [5, 5.41) is 9.27. The van der Waals surface area contributed by atoms with E-state index in [9.17, 15) is 14.7 Å². The molecule has 1 heterocycles. The maximum Gasteiger partial charge on any atom is 0.354 e. The van der Waals surface area contributed by atoms with Crippen LogP contribution in [-0.4, -0.2) is 35.9 Å². The second kappa shape index (κ2) is 8.52. The largest absolute Gasteiger partial charge is 0.477 e. The lowest BCUT2D eigenvalue weighted by Crippen LogP contribution is -2.40. The van der Waals surface area contributed by atoms with Crippen LogP contribution in [0.1, 0.15) is 69.7 Å². The summed E-state index contributed by atoms with van der Waals surface area (Å²) in [7, 11) is -2.01. The number of aryl methyl sites for hydroxylation is 1. The van der Waals surface area contributed by atoms with Gasteiger partial charge in [-0.05, 0) is 57.0 Å². The summed E-state index contributed by atoms with van der Waals surface area (Å²) in [5.74, 6) is -1.37. The second-order valence-corrected chi connectivity index (χ2v) is 14.1. The van der Waals surface area contributed by atoms with E-state index in [-0.39, 0.29) is 29.7 Å². The topological polar surface area (TPSA) is 85.7 Å². The minimum absolute atomic E-state index is 0.0233. The average Bonchev–Trinajstić information content (AvgIpc) is 2.48. The van der Waals surface area contributed by atoms with Crippen molar-refractivity contribution >= 4 is 20.3 Å². The number of nitrogens with zero attached hydrogens (tertiary/aromatic N) is 1. The van der Waals surface area contributed by atoms with Crippen molar-refractivity contribution in [2.24, 2.45) is 0 Å². The van der Waals surface area contributed by atoms with Gasteiger partial charge in [0.25, 0.3) is 0 Å².